The van der Waals surface area contributed by atoms with Crippen LogP contribution in [0.4, 0.5) is 10.1 Å². The van der Waals surface area contributed by atoms with Crippen LogP contribution in [-0.4, -0.2) is 31.7 Å². The normalized spacial score (nSPS) is 10.2. The van der Waals surface area contributed by atoms with Crippen molar-refractivity contribution < 1.29 is 19.1 Å². The minimum absolute atomic E-state index is 0.0879. The Morgan fingerprint density at radius 2 is 2.21 bits per heavy atom. The summed E-state index contributed by atoms with van der Waals surface area (Å²) in [5, 5.41) is 14.7. The lowest BCUT2D eigenvalue weighted by Crippen LogP contribution is -2.19. The summed E-state index contributed by atoms with van der Waals surface area (Å²) in [7, 11) is 0. The molecular formula is C11H9FN4O3. The number of carbonyl (C=O) groups is 2. The molecule has 1 amide bonds. The van der Waals surface area contributed by atoms with E-state index in [-0.39, 0.29) is 17.8 Å². The van der Waals surface area contributed by atoms with E-state index in [0.717, 1.165) is 6.07 Å². The second-order valence-electron chi connectivity index (χ2n) is 3.64. The van der Waals surface area contributed by atoms with E-state index >= 15 is 0 Å². The van der Waals surface area contributed by atoms with Crippen LogP contribution in [-0.2, 0) is 11.3 Å². The van der Waals surface area contributed by atoms with Crippen molar-refractivity contribution in [3.05, 3.63) is 42.2 Å². The Kier molecular flexibility index (Phi) is 3.51. The minimum atomic E-state index is -1.24. The fourth-order valence-electron chi connectivity index (χ4n) is 1.40. The van der Waals surface area contributed by atoms with Crippen LogP contribution in [0.5, 0.6) is 0 Å². The van der Waals surface area contributed by atoms with E-state index in [9.17, 15) is 14.0 Å². The van der Waals surface area contributed by atoms with Crippen molar-refractivity contribution in [2.75, 3.05) is 5.32 Å². The van der Waals surface area contributed by atoms with Gasteiger partial charge in [-0.1, -0.05) is 0 Å². The molecule has 2 aromatic rings. The van der Waals surface area contributed by atoms with Gasteiger partial charge < -0.3 is 10.4 Å². The van der Waals surface area contributed by atoms with Crippen LogP contribution in [0.1, 0.15) is 10.4 Å². The number of aromatic carboxylic acids is 1. The summed E-state index contributed by atoms with van der Waals surface area (Å²) in [6.45, 7) is -0.111. The number of nitrogens with one attached hydrogen (secondary N) is 1. The molecule has 1 aromatic carbocycles. The van der Waals surface area contributed by atoms with Crippen LogP contribution in [0.2, 0.25) is 0 Å². The van der Waals surface area contributed by atoms with Gasteiger partial charge in [0.1, 0.15) is 25.0 Å². The van der Waals surface area contributed by atoms with Gasteiger partial charge in [-0.05, 0) is 18.2 Å². The number of nitrogens with zero attached hydrogens (tertiary/aromatic N) is 3. The number of anilines is 1. The van der Waals surface area contributed by atoms with Gasteiger partial charge in [0.15, 0.2) is 0 Å². The van der Waals surface area contributed by atoms with E-state index < -0.39 is 17.7 Å². The molecule has 98 valence electrons. The van der Waals surface area contributed by atoms with E-state index in [1.54, 1.807) is 0 Å². The van der Waals surface area contributed by atoms with Gasteiger partial charge in [-0.15, -0.1) is 0 Å². The topological polar surface area (TPSA) is 97.1 Å². The Labute approximate surface area is 106 Å². The van der Waals surface area contributed by atoms with Crippen molar-refractivity contribution in [1.82, 2.24) is 14.8 Å². The van der Waals surface area contributed by atoms with Gasteiger partial charge in [0.2, 0.25) is 5.91 Å². The molecular weight excluding hydrogens is 255 g/mol. The number of carbonyl (C=O) groups excluding carboxylic acids is 1. The van der Waals surface area contributed by atoms with Crippen molar-refractivity contribution in [2.45, 2.75) is 6.54 Å². The molecule has 0 aliphatic carbocycles. The zero-order valence-electron chi connectivity index (χ0n) is 9.58. The van der Waals surface area contributed by atoms with E-state index in [0.29, 0.717) is 0 Å². The highest BCUT2D eigenvalue weighted by Gasteiger charge is 2.11. The quantitative estimate of drug-likeness (QED) is 0.849. The summed E-state index contributed by atoms with van der Waals surface area (Å²) in [5.74, 6) is -2.54. The molecule has 2 N–H and O–H groups in total. The lowest BCUT2D eigenvalue weighted by Gasteiger charge is -2.06. The highest BCUT2D eigenvalue weighted by molar-refractivity contribution is 5.92. The number of hydrogen-bond acceptors (Lipinski definition) is 4. The molecule has 7 nitrogen and oxygen atoms in total. The fraction of sp³-hybridized carbons (Fsp3) is 0.0909. The van der Waals surface area contributed by atoms with Gasteiger partial charge >= 0.3 is 5.97 Å². The molecule has 0 bridgehead atoms. The summed E-state index contributed by atoms with van der Waals surface area (Å²) >= 11 is 0. The Hall–Kier alpha value is -2.77. The van der Waals surface area contributed by atoms with Crippen LogP contribution in [0.25, 0.3) is 0 Å². The van der Waals surface area contributed by atoms with Crippen molar-refractivity contribution in [2.24, 2.45) is 0 Å². The minimum Gasteiger partial charge on any atom is -0.478 e. The van der Waals surface area contributed by atoms with E-state index in [1.165, 1.54) is 29.5 Å². The Morgan fingerprint density at radius 1 is 1.42 bits per heavy atom. The maximum Gasteiger partial charge on any atom is 0.335 e. The summed E-state index contributed by atoms with van der Waals surface area (Å²) in [6, 6.07) is 3.24. The summed E-state index contributed by atoms with van der Waals surface area (Å²) in [6.07, 6.45) is 2.62. The first kappa shape index (κ1) is 12.7. The second-order valence-corrected chi connectivity index (χ2v) is 3.64. The first-order chi connectivity index (χ1) is 9.06. The van der Waals surface area contributed by atoms with Gasteiger partial charge in [-0.3, -0.25) is 4.79 Å². The summed E-state index contributed by atoms with van der Waals surface area (Å²) in [5.41, 5.74) is -0.276. The molecule has 0 radical (unpaired) electrons. The molecule has 0 fully saturated rings. The molecule has 1 aromatic heterocycles. The van der Waals surface area contributed by atoms with Crippen molar-refractivity contribution in [3.63, 3.8) is 0 Å². The van der Waals surface area contributed by atoms with Crippen LogP contribution in [0.15, 0.2) is 30.9 Å². The second kappa shape index (κ2) is 5.25. The third kappa shape index (κ3) is 3.12. The van der Waals surface area contributed by atoms with Gasteiger partial charge in [0, 0.05) is 0 Å². The van der Waals surface area contributed by atoms with Gasteiger partial charge in [-0.25, -0.2) is 18.9 Å². The predicted octanol–water partition coefficient (Wildman–Crippen LogP) is 0.754. The fourth-order valence-corrected chi connectivity index (χ4v) is 1.40. The van der Waals surface area contributed by atoms with Crippen molar-refractivity contribution >= 4 is 17.6 Å². The smallest absolute Gasteiger partial charge is 0.335 e. The van der Waals surface area contributed by atoms with Crippen molar-refractivity contribution in [1.29, 1.82) is 0 Å². The summed E-state index contributed by atoms with van der Waals surface area (Å²) < 4.78 is 14.8. The van der Waals surface area contributed by atoms with Crippen LogP contribution in [0, 0.1) is 5.82 Å². The molecule has 0 aliphatic rings. The maximum atomic E-state index is 13.5. The third-order valence-electron chi connectivity index (χ3n) is 2.26. The molecule has 0 atom stereocenters. The molecule has 0 saturated heterocycles. The number of benzene rings is 1. The average molecular weight is 264 g/mol. The largest absolute Gasteiger partial charge is 0.478 e. The molecule has 0 unspecified atom stereocenters. The van der Waals surface area contributed by atoms with E-state index in [2.05, 4.69) is 15.4 Å². The SMILES string of the molecule is O=C(Cn1cncn1)Nc1ccc(C(=O)O)cc1F. The Morgan fingerprint density at radius 3 is 2.79 bits per heavy atom. The molecule has 0 saturated carbocycles. The first-order valence-electron chi connectivity index (χ1n) is 5.21. The van der Waals surface area contributed by atoms with Crippen LogP contribution >= 0.6 is 0 Å². The van der Waals surface area contributed by atoms with Gasteiger partial charge in [0.05, 0.1) is 11.3 Å². The Bertz CT molecular complexity index is 612. The molecule has 0 spiro atoms. The average Bonchev–Trinajstić information content (AvgIpc) is 2.84. The zero-order valence-corrected chi connectivity index (χ0v) is 9.58. The standard InChI is InChI=1S/C11H9FN4O3/c12-8-3-7(11(18)19)1-2-9(8)15-10(17)4-16-6-13-5-14-16/h1-3,5-6H,4H2,(H,15,17)(H,18,19). The number of halogens is 1. The summed E-state index contributed by atoms with van der Waals surface area (Å²) in [4.78, 5) is 25.9. The van der Waals surface area contributed by atoms with Crippen LogP contribution < -0.4 is 5.32 Å². The van der Waals surface area contributed by atoms with Gasteiger partial charge in [-0.2, -0.15) is 5.10 Å². The monoisotopic (exact) mass is 264 g/mol. The van der Waals surface area contributed by atoms with E-state index in [4.69, 9.17) is 5.11 Å². The lowest BCUT2D eigenvalue weighted by molar-refractivity contribution is -0.116. The molecule has 1 heterocycles. The number of carboxylic acid groups (broad SMARTS) is 1. The number of rotatable bonds is 4. The van der Waals surface area contributed by atoms with E-state index in [1.807, 2.05) is 0 Å². The number of aromatic nitrogens is 3. The highest BCUT2D eigenvalue weighted by atomic mass is 19.1. The van der Waals surface area contributed by atoms with Crippen molar-refractivity contribution in [3.8, 4) is 0 Å². The maximum absolute atomic E-state index is 13.5. The number of hydrogen-bond donors (Lipinski definition) is 2. The van der Waals surface area contributed by atoms with Gasteiger partial charge in [0.25, 0.3) is 0 Å². The zero-order chi connectivity index (χ0) is 13.8. The predicted molar refractivity (Wildman–Crippen MR) is 62.0 cm³/mol. The molecule has 0 aliphatic heterocycles. The first-order valence-corrected chi connectivity index (χ1v) is 5.21. The Balaban J connectivity index is 2.07. The number of amides is 1. The van der Waals surface area contributed by atoms with Crippen LogP contribution in [0.3, 0.4) is 0 Å². The lowest BCUT2D eigenvalue weighted by atomic mass is 10.2. The molecule has 2 rings (SSSR count). The highest BCUT2D eigenvalue weighted by Crippen LogP contribution is 2.15. The third-order valence-corrected chi connectivity index (χ3v) is 2.26. The molecule has 19 heavy (non-hydrogen) atoms. The molecule has 8 heteroatoms. The number of carboxylic acids is 1.